The van der Waals surface area contributed by atoms with E-state index in [1.54, 1.807) is 23.3 Å². The molecule has 0 aliphatic carbocycles. The Morgan fingerprint density at radius 1 is 1.43 bits per heavy atom. The molecule has 2 rings (SSSR count). The molecule has 0 aliphatic rings. The lowest BCUT2D eigenvalue weighted by Gasteiger charge is -2.15. The van der Waals surface area contributed by atoms with Crippen LogP contribution in [-0.2, 0) is 6.54 Å². The van der Waals surface area contributed by atoms with E-state index in [9.17, 15) is 4.79 Å². The number of nitrogens with two attached hydrogens (primary N) is 1. The fraction of sp³-hybridized carbons (Fsp3) is 0.429. The molecule has 0 bridgehead atoms. The van der Waals surface area contributed by atoms with Crippen LogP contribution in [0.4, 0.5) is 10.9 Å². The largest absolute Gasteiger partial charge is 0.382 e. The molecular weight excluding hydrogens is 304 g/mol. The van der Waals surface area contributed by atoms with Gasteiger partial charge in [-0.15, -0.1) is 0 Å². The summed E-state index contributed by atoms with van der Waals surface area (Å²) in [5, 5.41) is 4.84. The summed E-state index contributed by atoms with van der Waals surface area (Å²) < 4.78 is 0. The molecule has 2 heterocycles. The van der Waals surface area contributed by atoms with Crippen molar-refractivity contribution >= 4 is 39.5 Å². The summed E-state index contributed by atoms with van der Waals surface area (Å²) in [4.78, 5) is 21.0. The lowest BCUT2D eigenvalue weighted by Crippen LogP contribution is -2.25. The average Bonchev–Trinajstić information content (AvgIpc) is 3.07. The Hall–Kier alpha value is -1.60. The molecule has 7 heteroatoms. The first kappa shape index (κ1) is 15.8. The highest BCUT2D eigenvalue weighted by Gasteiger charge is 2.21. The number of thiazole rings is 1. The number of thiophene rings is 1. The van der Waals surface area contributed by atoms with Gasteiger partial charge in [0.05, 0.1) is 0 Å². The SMILES string of the molecule is CCCN(C)c1nc(N)c(C(=O)N(C)Cc2ccsc2)s1. The summed E-state index contributed by atoms with van der Waals surface area (Å²) in [5.74, 6) is 0.243. The van der Waals surface area contributed by atoms with Crippen molar-refractivity contribution in [3.63, 3.8) is 0 Å². The van der Waals surface area contributed by atoms with Crippen LogP contribution >= 0.6 is 22.7 Å². The van der Waals surface area contributed by atoms with Crippen molar-refractivity contribution in [2.75, 3.05) is 31.3 Å². The quantitative estimate of drug-likeness (QED) is 0.887. The van der Waals surface area contributed by atoms with E-state index in [1.165, 1.54) is 11.3 Å². The Bertz CT molecular complexity index is 594. The van der Waals surface area contributed by atoms with Crippen LogP contribution in [0.15, 0.2) is 16.8 Å². The zero-order valence-corrected chi connectivity index (χ0v) is 14.1. The number of nitrogen functional groups attached to an aromatic ring is 1. The van der Waals surface area contributed by atoms with Crippen molar-refractivity contribution in [2.45, 2.75) is 19.9 Å². The predicted octanol–water partition coefficient (Wildman–Crippen LogP) is 2.91. The molecule has 2 aromatic rings. The molecule has 2 N–H and O–H groups in total. The van der Waals surface area contributed by atoms with Gasteiger partial charge in [0.15, 0.2) is 5.13 Å². The van der Waals surface area contributed by atoms with E-state index in [0.29, 0.717) is 17.2 Å². The molecule has 0 spiro atoms. The topological polar surface area (TPSA) is 62.5 Å². The minimum atomic E-state index is -0.0765. The van der Waals surface area contributed by atoms with Gasteiger partial charge in [-0.05, 0) is 28.8 Å². The van der Waals surface area contributed by atoms with Crippen LogP contribution in [-0.4, -0.2) is 36.4 Å². The molecule has 114 valence electrons. The summed E-state index contributed by atoms with van der Waals surface area (Å²) in [5.41, 5.74) is 7.04. The average molecular weight is 324 g/mol. The number of carbonyl (C=O) groups is 1. The van der Waals surface area contributed by atoms with Crippen LogP contribution in [0, 0.1) is 0 Å². The Labute approximate surface area is 133 Å². The van der Waals surface area contributed by atoms with Gasteiger partial charge >= 0.3 is 0 Å². The molecule has 5 nitrogen and oxygen atoms in total. The zero-order chi connectivity index (χ0) is 15.4. The standard InChI is InChI=1S/C14H20N4OS2/c1-4-6-17(2)14-16-12(15)11(21-14)13(19)18(3)8-10-5-7-20-9-10/h5,7,9H,4,6,8,15H2,1-3H3. The van der Waals surface area contributed by atoms with Gasteiger partial charge in [-0.2, -0.15) is 11.3 Å². The fourth-order valence-electron chi connectivity index (χ4n) is 1.97. The zero-order valence-electron chi connectivity index (χ0n) is 12.5. The summed E-state index contributed by atoms with van der Waals surface area (Å²) in [7, 11) is 3.75. The Balaban J connectivity index is 2.11. The van der Waals surface area contributed by atoms with Crippen LogP contribution in [0.25, 0.3) is 0 Å². The lowest BCUT2D eigenvalue weighted by atomic mass is 10.3. The minimum absolute atomic E-state index is 0.0765. The van der Waals surface area contributed by atoms with E-state index >= 15 is 0 Å². The minimum Gasteiger partial charge on any atom is -0.382 e. The second-order valence-corrected chi connectivity index (χ2v) is 6.68. The first-order valence-corrected chi connectivity index (χ1v) is 8.52. The molecule has 0 saturated heterocycles. The van der Waals surface area contributed by atoms with Crippen LogP contribution in [0.3, 0.4) is 0 Å². The van der Waals surface area contributed by atoms with Crippen LogP contribution in [0.5, 0.6) is 0 Å². The van der Waals surface area contributed by atoms with E-state index in [1.807, 2.05) is 28.8 Å². The van der Waals surface area contributed by atoms with Gasteiger partial charge in [-0.1, -0.05) is 18.3 Å². The van der Waals surface area contributed by atoms with Crippen molar-refractivity contribution < 1.29 is 4.79 Å². The summed E-state index contributed by atoms with van der Waals surface area (Å²) >= 11 is 2.98. The van der Waals surface area contributed by atoms with Gasteiger partial charge < -0.3 is 15.5 Å². The van der Waals surface area contributed by atoms with Gasteiger partial charge in [0, 0.05) is 27.2 Å². The third-order valence-corrected chi connectivity index (χ3v) is 4.97. The molecule has 1 amide bonds. The van der Waals surface area contributed by atoms with E-state index in [-0.39, 0.29) is 5.91 Å². The summed E-state index contributed by atoms with van der Waals surface area (Å²) in [6, 6.07) is 2.02. The molecule has 21 heavy (non-hydrogen) atoms. The van der Waals surface area contributed by atoms with Crippen molar-refractivity contribution in [3.05, 3.63) is 27.3 Å². The maximum atomic E-state index is 12.5. The molecule has 0 atom stereocenters. The van der Waals surface area contributed by atoms with E-state index in [0.717, 1.165) is 23.7 Å². The summed E-state index contributed by atoms with van der Waals surface area (Å²) in [6.45, 7) is 3.58. The lowest BCUT2D eigenvalue weighted by molar-refractivity contribution is 0.0791. The van der Waals surface area contributed by atoms with E-state index in [2.05, 4.69) is 11.9 Å². The number of rotatable bonds is 6. The highest BCUT2D eigenvalue weighted by molar-refractivity contribution is 7.18. The van der Waals surface area contributed by atoms with Crippen molar-refractivity contribution in [3.8, 4) is 0 Å². The molecule has 0 aromatic carbocycles. The van der Waals surface area contributed by atoms with Crippen molar-refractivity contribution in [1.29, 1.82) is 0 Å². The molecular formula is C14H20N4OS2. The Morgan fingerprint density at radius 3 is 2.81 bits per heavy atom. The third-order valence-electron chi connectivity index (χ3n) is 3.07. The normalized spacial score (nSPS) is 10.6. The molecule has 0 radical (unpaired) electrons. The summed E-state index contributed by atoms with van der Waals surface area (Å²) in [6.07, 6.45) is 1.03. The van der Waals surface area contributed by atoms with Gasteiger partial charge in [0.2, 0.25) is 0 Å². The van der Waals surface area contributed by atoms with Crippen LogP contribution in [0.1, 0.15) is 28.6 Å². The monoisotopic (exact) mass is 324 g/mol. The predicted molar refractivity (Wildman–Crippen MR) is 90.2 cm³/mol. The maximum absolute atomic E-state index is 12.5. The second kappa shape index (κ2) is 6.91. The van der Waals surface area contributed by atoms with Gasteiger partial charge in [0.1, 0.15) is 10.7 Å². The number of hydrogen-bond acceptors (Lipinski definition) is 6. The number of nitrogens with zero attached hydrogens (tertiary/aromatic N) is 3. The first-order chi connectivity index (χ1) is 10.0. The highest BCUT2D eigenvalue weighted by atomic mass is 32.1. The first-order valence-electron chi connectivity index (χ1n) is 6.77. The van der Waals surface area contributed by atoms with Gasteiger partial charge in [0.25, 0.3) is 5.91 Å². The number of anilines is 2. The second-order valence-electron chi connectivity index (χ2n) is 4.93. The number of amides is 1. The van der Waals surface area contributed by atoms with Crippen LogP contribution < -0.4 is 10.6 Å². The highest BCUT2D eigenvalue weighted by Crippen LogP contribution is 2.28. The number of carbonyl (C=O) groups excluding carboxylic acids is 1. The van der Waals surface area contributed by atoms with Crippen molar-refractivity contribution in [2.24, 2.45) is 0 Å². The fourth-order valence-corrected chi connectivity index (χ4v) is 3.60. The number of aromatic nitrogens is 1. The van der Waals surface area contributed by atoms with Gasteiger partial charge in [-0.3, -0.25) is 4.79 Å². The Morgan fingerprint density at radius 2 is 2.19 bits per heavy atom. The number of hydrogen-bond donors (Lipinski definition) is 1. The van der Waals surface area contributed by atoms with Crippen molar-refractivity contribution in [1.82, 2.24) is 9.88 Å². The van der Waals surface area contributed by atoms with E-state index in [4.69, 9.17) is 5.73 Å². The van der Waals surface area contributed by atoms with Crippen LogP contribution in [0.2, 0.25) is 0 Å². The van der Waals surface area contributed by atoms with E-state index < -0.39 is 0 Å². The molecule has 0 saturated carbocycles. The maximum Gasteiger partial charge on any atom is 0.267 e. The molecule has 2 aromatic heterocycles. The molecule has 0 aliphatic heterocycles. The Kier molecular flexibility index (Phi) is 5.19. The van der Waals surface area contributed by atoms with Gasteiger partial charge in [-0.25, -0.2) is 4.98 Å². The third kappa shape index (κ3) is 3.74. The molecule has 0 unspecified atom stereocenters. The smallest absolute Gasteiger partial charge is 0.267 e. The molecule has 0 fully saturated rings.